The van der Waals surface area contributed by atoms with Gasteiger partial charge < -0.3 is 14.7 Å². The largest absolute Gasteiger partial charge is 0.504 e. The molecule has 0 bridgehead atoms. The minimum Gasteiger partial charge on any atom is -0.504 e. The molecule has 1 aliphatic carbocycles. The molecule has 1 atom stereocenters. The molecule has 2 aliphatic rings. The lowest BCUT2D eigenvalue weighted by molar-refractivity contribution is 0.0702. The summed E-state index contributed by atoms with van der Waals surface area (Å²) in [6.45, 7) is 2.90. The second-order valence-corrected chi connectivity index (χ2v) is 7.97. The first-order valence-corrected chi connectivity index (χ1v) is 9.82. The van der Waals surface area contributed by atoms with Gasteiger partial charge in [-0.15, -0.1) is 0 Å². The van der Waals surface area contributed by atoms with E-state index in [1.165, 1.54) is 24.8 Å². The second-order valence-electron chi connectivity index (χ2n) is 7.97. The number of Topliss-reactive ketones (excluding diaryl/α,β-unsaturated/α-hetero) is 1. The molecule has 0 saturated carbocycles. The van der Waals surface area contributed by atoms with Crippen LogP contribution < -0.4 is 4.74 Å². The van der Waals surface area contributed by atoms with Crippen LogP contribution in [0.2, 0.25) is 0 Å². The maximum absolute atomic E-state index is 13.6. The number of phenols is 1. The van der Waals surface area contributed by atoms with Gasteiger partial charge in [-0.05, 0) is 62.0 Å². The molecule has 0 aromatic heterocycles. The molecule has 1 aliphatic heterocycles. The third kappa shape index (κ3) is 3.46. The molecule has 142 valence electrons. The molecule has 0 amide bonds. The van der Waals surface area contributed by atoms with Crippen molar-refractivity contribution in [1.29, 1.82) is 0 Å². The number of hydrogen-bond donors (Lipinski definition) is 1. The number of hydrogen-bond acceptors (Lipinski definition) is 4. The van der Waals surface area contributed by atoms with Crippen molar-refractivity contribution in [3.05, 3.63) is 59.2 Å². The van der Waals surface area contributed by atoms with E-state index in [1.807, 2.05) is 24.3 Å². The molecular weight excluding hydrogens is 338 g/mol. The first kappa shape index (κ1) is 18.1. The van der Waals surface area contributed by atoms with E-state index in [2.05, 4.69) is 17.0 Å². The Bertz CT molecular complexity index is 827. The molecule has 0 spiro atoms. The number of nitrogens with zero attached hydrogens (tertiary/aromatic N) is 1. The van der Waals surface area contributed by atoms with Crippen molar-refractivity contribution in [1.82, 2.24) is 4.90 Å². The number of methoxy groups -OCH3 is 1. The summed E-state index contributed by atoms with van der Waals surface area (Å²) >= 11 is 0. The van der Waals surface area contributed by atoms with Gasteiger partial charge in [-0.3, -0.25) is 4.79 Å². The van der Waals surface area contributed by atoms with Crippen LogP contribution in [0, 0.1) is 5.41 Å². The molecule has 4 heteroatoms. The summed E-state index contributed by atoms with van der Waals surface area (Å²) in [7, 11) is 1.54. The lowest BCUT2D eigenvalue weighted by Gasteiger charge is -2.36. The molecular formula is C23H27NO3. The number of aromatic hydroxyl groups is 1. The van der Waals surface area contributed by atoms with Crippen LogP contribution in [0.4, 0.5) is 0 Å². The van der Waals surface area contributed by atoms with Crippen molar-refractivity contribution >= 4 is 5.78 Å². The van der Waals surface area contributed by atoms with Gasteiger partial charge in [0.2, 0.25) is 0 Å². The summed E-state index contributed by atoms with van der Waals surface area (Å²) in [5, 5.41) is 10.2. The highest BCUT2D eigenvalue weighted by molar-refractivity contribution is 6.06. The predicted octanol–water partition coefficient (Wildman–Crippen LogP) is 3.85. The number of fused-ring (bicyclic) bond motifs is 1. The van der Waals surface area contributed by atoms with E-state index in [0.29, 0.717) is 17.7 Å². The van der Waals surface area contributed by atoms with Crippen LogP contribution in [-0.2, 0) is 12.8 Å². The average Bonchev–Trinajstić information content (AvgIpc) is 2.94. The van der Waals surface area contributed by atoms with Crippen LogP contribution >= 0.6 is 0 Å². The Morgan fingerprint density at radius 1 is 1.11 bits per heavy atom. The fourth-order valence-electron chi connectivity index (χ4n) is 4.72. The van der Waals surface area contributed by atoms with Gasteiger partial charge in [0.25, 0.3) is 0 Å². The van der Waals surface area contributed by atoms with Gasteiger partial charge >= 0.3 is 0 Å². The van der Waals surface area contributed by atoms with E-state index in [0.717, 1.165) is 31.6 Å². The van der Waals surface area contributed by atoms with Gasteiger partial charge in [-0.1, -0.05) is 36.8 Å². The Balaban J connectivity index is 1.70. The molecule has 1 fully saturated rings. The molecule has 2 aromatic carbocycles. The highest BCUT2D eigenvalue weighted by Crippen LogP contribution is 2.44. The molecule has 1 unspecified atom stereocenters. The minimum atomic E-state index is -0.472. The van der Waals surface area contributed by atoms with Gasteiger partial charge in [-0.2, -0.15) is 0 Å². The number of piperidine rings is 1. The molecule has 2 aromatic rings. The summed E-state index contributed by atoms with van der Waals surface area (Å²) in [5.41, 5.74) is 2.36. The van der Waals surface area contributed by atoms with Gasteiger partial charge in [0.05, 0.1) is 12.5 Å². The first-order valence-electron chi connectivity index (χ1n) is 9.82. The van der Waals surface area contributed by atoms with Crippen LogP contribution in [0.5, 0.6) is 11.5 Å². The summed E-state index contributed by atoms with van der Waals surface area (Å²) in [4.78, 5) is 16.0. The molecule has 1 saturated heterocycles. The van der Waals surface area contributed by atoms with E-state index in [9.17, 15) is 9.90 Å². The predicted molar refractivity (Wildman–Crippen MR) is 106 cm³/mol. The Kier molecular flexibility index (Phi) is 4.92. The van der Waals surface area contributed by atoms with Crippen molar-refractivity contribution in [3.8, 4) is 11.5 Å². The van der Waals surface area contributed by atoms with E-state index < -0.39 is 5.41 Å². The zero-order chi connectivity index (χ0) is 18.9. The normalized spacial score (nSPS) is 22.6. The zero-order valence-electron chi connectivity index (χ0n) is 15.9. The highest BCUT2D eigenvalue weighted by atomic mass is 16.5. The molecule has 1 N–H and O–H groups in total. The number of ether oxygens (including phenoxy) is 1. The van der Waals surface area contributed by atoms with Gasteiger partial charge in [0, 0.05) is 12.1 Å². The van der Waals surface area contributed by atoms with Crippen LogP contribution in [0.1, 0.15) is 40.7 Å². The third-order valence-electron chi connectivity index (χ3n) is 6.02. The fourth-order valence-corrected chi connectivity index (χ4v) is 4.72. The summed E-state index contributed by atoms with van der Waals surface area (Å²) in [6.07, 6.45) is 5.11. The van der Waals surface area contributed by atoms with Gasteiger partial charge in [0.1, 0.15) is 0 Å². The molecule has 4 rings (SSSR count). The zero-order valence-corrected chi connectivity index (χ0v) is 15.9. The standard InChI is InChI=1S/C23H27NO3/c1-27-21-12-18-15-23(14-17-8-4-2-5-9-17,16-24-10-6-3-7-11-24)22(26)19(18)13-20(21)25/h2,4-5,8-9,12-13,25H,3,6-7,10-11,14-16H2,1H3. The Labute approximate surface area is 160 Å². The van der Waals surface area contributed by atoms with Crippen molar-refractivity contribution in [2.75, 3.05) is 26.7 Å². The van der Waals surface area contributed by atoms with E-state index in [4.69, 9.17) is 4.74 Å². The number of rotatable bonds is 5. The van der Waals surface area contributed by atoms with Crippen LogP contribution in [0.3, 0.4) is 0 Å². The SMILES string of the molecule is COc1cc2c(cc1O)C(=O)C(Cc1ccccc1)(CN1CCCCC1)C2. The number of ketones is 1. The topological polar surface area (TPSA) is 49.8 Å². The summed E-state index contributed by atoms with van der Waals surface area (Å²) in [6, 6.07) is 13.7. The van der Waals surface area contributed by atoms with Crippen molar-refractivity contribution in [2.45, 2.75) is 32.1 Å². The van der Waals surface area contributed by atoms with E-state index >= 15 is 0 Å². The number of phenolic OH excluding ortho intramolecular Hbond substituents is 1. The lowest BCUT2D eigenvalue weighted by atomic mass is 9.77. The molecule has 4 nitrogen and oxygen atoms in total. The number of benzene rings is 2. The van der Waals surface area contributed by atoms with Crippen molar-refractivity contribution < 1.29 is 14.6 Å². The summed E-state index contributed by atoms with van der Waals surface area (Å²) < 4.78 is 5.27. The lowest BCUT2D eigenvalue weighted by Crippen LogP contribution is -2.45. The molecule has 27 heavy (non-hydrogen) atoms. The third-order valence-corrected chi connectivity index (χ3v) is 6.02. The minimum absolute atomic E-state index is 0.0399. The number of likely N-dealkylation sites (tertiary alicyclic amines) is 1. The smallest absolute Gasteiger partial charge is 0.171 e. The Morgan fingerprint density at radius 2 is 1.85 bits per heavy atom. The molecule has 0 radical (unpaired) electrons. The summed E-state index contributed by atoms with van der Waals surface area (Å²) in [5.74, 6) is 0.637. The van der Waals surface area contributed by atoms with Crippen LogP contribution in [0.25, 0.3) is 0 Å². The fraction of sp³-hybridized carbons (Fsp3) is 0.435. The number of carbonyl (C=O) groups is 1. The Hall–Kier alpha value is -2.33. The van der Waals surface area contributed by atoms with E-state index in [1.54, 1.807) is 13.2 Å². The van der Waals surface area contributed by atoms with Gasteiger partial charge in [0.15, 0.2) is 17.3 Å². The van der Waals surface area contributed by atoms with E-state index in [-0.39, 0.29) is 11.5 Å². The first-order chi connectivity index (χ1) is 13.1. The monoisotopic (exact) mass is 365 g/mol. The van der Waals surface area contributed by atoms with Crippen LogP contribution in [0.15, 0.2) is 42.5 Å². The Morgan fingerprint density at radius 3 is 2.56 bits per heavy atom. The maximum atomic E-state index is 13.6. The highest BCUT2D eigenvalue weighted by Gasteiger charge is 2.47. The quantitative estimate of drug-likeness (QED) is 0.874. The number of carbonyl (C=O) groups excluding carboxylic acids is 1. The second kappa shape index (κ2) is 7.35. The maximum Gasteiger partial charge on any atom is 0.171 e. The average molecular weight is 365 g/mol. The molecule has 1 heterocycles. The van der Waals surface area contributed by atoms with Gasteiger partial charge in [-0.25, -0.2) is 0 Å². The van der Waals surface area contributed by atoms with Crippen LogP contribution in [-0.4, -0.2) is 42.5 Å². The van der Waals surface area contributed by atoms with Crippen molar-refractivity contribution in [3.63, 3.8) is 0 Å². The van der Waals surface area contributed by atoms with Crippen molar-refractivity contribution in [2.24, 2.45) is 5.41 Å².